The highest BCUT2D eigenvalue weighted by atomic mass is 16.5. The lowest BCUT2D eigenvalue weighted by molar-refractivity contribution is 0.126. The SMILES string of the molecule is COC(c1ccccc1)c1noc(C2(N)CCC2)n1. The minimum Gasteiger partial charge on any atom is -0.369 e. The van der Waals surface area contributed by atoms with Gasteiger partial charge < -0.3 is 15.0 Å². The molecule has 0 bridgehead atoms. The number of nitrogens with zero attached hydrogens (tertiary/aromatic N) is 2. The Balaban J connectivity index is 1.88. The molecule has 1 fully saturated rings. The second-order valence-corrected chi connectivity index (χ2v) is 4.99. The smallest absolute Gasteiger partial charge is 0.246 e. The molecule has 100 valence electrons. The summed E-state index contributed by atoms with van der Waals surface area (Å²) >= 11 is 0. The Morgan fingerprint density at radius 2 is 2.05 bits per heavy atom. The van der Waals surface area contributed by atoms with Gasteiger partial charge in [0.05, 0.1) is 5.54 Å². The molecule has 1 aromatic carbocycles. The van der Waals surface area contributed by atoms with Gasteiger partial charge in [-0.1, -0.05) is 35.5 Å². The number of nitrogens with two attached hydrogens (primary N) is 1. The van der Waals surface area contributed by atoms with Crippen LogP contribution in [0.2, 0.25) is 0 Å². The largest absolute Gasteiger partial charge is 0.369 e. The summed E-state index contributed by atoms with van der Waals surface area (Å²) in [5.41, 5.74) is 6.75. The zero-order chi connectivity index (χ0) is 13.3. The van der Waals surface area contributed by atoms with Crippen molar-refractivity contribution in [2.75, 3.05) is 7.11 Å². The molecule has 5 nitrogen and oxygen atoms in total. The lowest BCUT2D eigenvalue weighted by Gasteiger charge is -2.33. The van der Waals surface area contributed by atoms with E-state index >= 15 is 0 Å². The number of hydrogen-bond acceptors (Lipinski definition) is 5. The van der Waals surface area contributed by atoms with Crippen LogP contribution in [0.5, 0.6) is 0 Å². The van der Waals surface area contributed by atoms with Crippen molar-refractivity contribution in [3.05, 3.63) is 47.6 Å². The standard InChI is InChI=1S/C14H17N3O2/c1-18-11(10-6-3-2-4-7-10)12-16-13(19-17-12)14(15)8-5-9-14/h2-4,6-7,11H,5,8-9,15H2,1H3. The van der Waals surface area contributed by atoms with Gasteiger partial charge in [-0.25, -0.2) is 0 Å². The van der Waals surface area contributed by atoms with E-state index in [1.165, 1.54) is 0 Å². The second-order valence-electron chi connectivity index (χ2n) is 4.99. The number of methoxy groups -OCH3 is 1. The fraction of sp³-hybridized carbons (Fsp3) is 0.429. The third-order valence-corrected chi connectivity index (χ3v) is 3.69. The second kappa shape index (κ2) is 4.75. The van der Waals surface area contributed by atoms with E-state index in [1.807, 2.05) is 30.3 Å². The van der Waals surface area contributed by atoms with Crippen molar-refractivity contribution >= 4 is 0 Å². The Morgan fingerprint density at radius 1 is 1.32 bits per heavy atom. The monoisotopic (exact) mass is 259 g/mol. The van der Waals surface area contributed by atoms with Crippen LogP contribution in [0.3, 0.4) is 0 Å². The third-order valence-electron chi connectivity index (χ3n) is 3.69. The average Bonchev–Trinajstić information content (AvgIpc) is 2.88. The van der Waals surface area contributed by atoms with Crippen LogP contribution < -0.4 is 5.73 Å². The molecule has 0 amide bonds. The molecule has 2 N–H and O–H groups in total. The van der Waals surface area contributed by atoms with Crippen molar-refractivity contribution in [2.24, 2.45) is 5.73 Å². The van der Waals surface area contributed by atoms with Gasteiger partial charge in [-0.2, -0.15) is 4.98 Å². The maximum absolute atomic E-state index is 6.18. The van der Waals surface area contributed by atoms with E-state index in [0.717, 1.165) is 24.8 Å². The van der Waals surface area contributed by atoms with Crippen LogP contribution in [0, 0.1) is 0 Å². The molecule has 1 aliphatic carbocycles. The summed E-state index contributed by atoms with van der Waals surface area (Å²) in [6.45, 7) is 0. The van der Waals surface area contributed by atoms with E-state index in [1.54, 1.807) is 7.11 Å². The van der Waals surface area contributed by atoms with Crippen molar-refractivity contribution in [3.63, 3.8) is 0 Å². The van der Waals surface area contributed by atoms with Crippen LogP contribution >= 0.6 is 0 Å². The van der Waals surface area contributed by atoms with Crippen molar-refractivity contribution in [1.29, 1.82) is 0 Å². The molecule has 0 aliphatic heterocycles. The minimum atomic E-state index is -0.430. The molecule has 1 aromatic heterocycles. The lowest BCUT2D eigenvalue weighted by atomic mass is 9.78. The fourth-order valence-corrected chi connectivity index (χ4v) is 2.33. The molecule has 0 radical (unpaired) electrons. The molecule has 1 unspecified atom stereocenters. The van der Waals surface area contributed by atoms with E-state index < -0.39 is 5.54 Å². The Hall–Kier alpha value is -1.72. The zero-order valence-electron chi connectivity index (χ0n) is 10.9. The van der Waals surface area contributed by atoms with Gasteiger partial charge in [0, 0.05) is 7.11 Å². The molecular weight excluding hydrogens is 242 g/mol. The first-order valence-electron chi connectivity index (χ1n) is 6.44. The number of ether oxygens (including phenoxy) is 1. The number of rotatable bonds is 4. The quantitative estimate of drug-likeness (QED) is 0.910. The number of hydrogen-bond donors (Lipinski definition) is 1. The maximum atomic E-state index is 6.18. The van der Waals surface area contributed by atoms with Gasteiger partial charge in [-0.05, 0) is 24.8 Å². The third kappa shape index (κ3) is 2.15. The lowest BCUT2D eigenvalue weighted by Crippen LogP contribution is -2.43. The Kier molecular flexibility index (Phi) is 3.08. The van der Waals surface area contributed by atoms with Crippen molar-refractivity contribution < 1.29 is 9.26 Å². The summed E-state index contributed by atoms with van der Waals surface area (Å²) in [6, 6.07) is 9.83. The highest BCUT2D eigenvalue weighted by Gasteiger charge is 2.40. The molecule has 1 aliphatic rings. The highest BCUT2D eigenvalue weighted by molar-refractivity contribution is 5.23. The summed E-state index contributed by atoms with van der Waals surface area (Å²) in [5, 5.41) is 4.02. The normalized spacial score (nSPS) is 18.8. The van der Waals surface area contributed by atoms with Crippen LogP contribution in [0.4, 0.5) is 0 Å². The molecule has 2 aromatic rings. The molecule has 1 saturated carbocycles. The molecule has 3 rings (SSSR count). The molecule has 19 heavy (non-hydrogen) atoms. The van der Waals surface area contributed by atoms with Crippen molar-refractivity contribution in [2.45, 2.75) is 30.9 Å². The van der Waals surface area contributed by atoms with Crippen molar-refractivity contribution in [1.82, 2.24) is 10.1 Å². The fourth-order valence-electron chi connectivity index (χ4n) is 2.33. The van der Waals surface area contributed by atoms with Crippen LogP contribution in [0.1, 0.15) is 42.6 Å². The summed E-state index contributed by atoms with van der Waals surface area (Å²) < 4.78 is 10.8. The summed E-state index contributed by atoms with van der Waals surface area (Å²) in [7, 11) is 1.63. The maximum Gasteiger partial charge on any atom is 0.246 e. The topological polar surface area (TPSA) is 74.2 Å². The Bertz CT molecular complexity index is 549. The first kappa shape index (κ1) is 12.3. The summed E-state index contributed by atoms with van der Waals surface area (Å²) in [4.78, 5) is 4.42. The molecule has 5 heteroatoms. The summed E-state index contributed by atoms with van der Waals surface area (Å²) in [6.07, 6.45) is 2.60. The van der Waals surface area contributed by atoms with Crippen LogP contribution in [-0.4, -0.2) is 17.3 Å². The van der Waals surface area contributed by atoms with Gasteiger partial charge in [-0.15, -0.1) is 0 Å². The predicted octanol–water partition coefficient (Wildman–Crippen LogP) is 2.14. The molecule has 1 atom stereocenters. The molecular formula is C14H17N3O2. The first-order valence-corrected chi connectivity index (χ1v) is 6.44. The van der Waals surface area contributed by atoms with Gasteiger partial charge >= 0.3 is 0 Å². The van der Waals surface area contributed by atoms with Crippen molar-refractivity contribution in [3.8, 4) is 0 Å². The van der Waals surface area contributed by atoms with E-state index in [9.17, 15) is 0 Å². The Morgan fingerprint density at radius 3 is 2.63 bits per heavy atom. The van der Waals surface area contributed by atoms with Gasteiger partial charge in [0.15, 0.2) is 0 Å². The van der Waals surface area contributed by atoms with E-state index in [2.05, 4.69) is 10.1 Å². The zero-order valence-corrected chi connectivity index (χ0v) is 10.9. The van der Waals surface area contributed by atoms with E-state index in [-0.39, 0.29) is 6.10 Å². The van der Waals surface area contributed by atoms with E-state index in [4.69, 9.17) is 15.0 Å². The molecule has 1 heterocycles. The average molecular weight is 259 g/mol. The van der Waals surface area contributed by atoms with Gasteiger partial charge in [0.25, 0.3) is 0 Å². The minimum absolute atomic E-state index is 0.317. The van der Waals surface area contributed by atoms with Crippen LogP contribution in [0.15, 0.2) is 34.9 Å². The van der Waals surface area contributed by atoms with E-state index in [0.29, 0.717) is 11.7 Å². The van der Waals surface area contributed by atoms with Gasteiger partial charge in [0.1, 0.15) is 6.10 Å². The molecule has 0 spiro atoms. The van der Waals surface area contributed by atoms with Gasteiger partial charge in [0.2, 0.25) is 11.7 Å². The number of benzene rings is 1. The predicted molar refractivity (Wildman–Crippen MR) is 69.3 cm³/mol. The summed E-state index contributed by atoms with van der Waals surface area (Å²) in [5.74, 6) is 1.05. The molecule has 0 saturated heterocycles. The Labute approximate surface area is 111 Å². The first-order chi connectivity index (χ1) is 9.23. The van der Waals surface area contributed by atoms with Gasteiger partial charge in [-0.3, -0.25) is 0 Å². The number of aromatic nitrogens is 2. The van der Waals surface area contributed by atoms with Crippen LogP contribution in [-0.2, 0) is 10.3 Å². The van der Waals surface area contributed by atoms with Crippen LogP contribution in [0.25, 0.3) is 0 Å². The highest BCUT2D eigenvalue weighted by Crippen LogP contribution is 2.38.